The third kappa shape index (κ3) is 3.33. The molecule has 0 spiro atoms. The summed E-state index contributed by atoms with van der Waals surface area (Å²) in [5, 5.41) is 11.0. The number of hydrogen-bond donors (Lipinski definition) is 1. The van der Waals surface area contributed by atoms with E-state index < -0.39 is 0 Å². The van der Waals surface area contributed by atoms with Crippen molar-refractivity contribution in [3.63, 3.8) is 0 Å². The summed E-state index contributed by atoms with van der Waals surface area (Å²) in [5.74, 6) is 2.20. The summed E-state index contributed by atoms with van der Waals surface area (Å²) in [6.07, 6.45) is 11.9. The minimum Gasteiger partial charge on any atom is -0.393 e. The van der Waals surface area contributed by atoms with Crippen LogP contribution in [0, 0.1) is 39.9 Å². The number of allylic oxidation sites excluding steroid dienone is 3. The highest BCUT2D eigenvalue weighted by Gasteiger charge is 2.62. The first kappa shape index (κ1) is 23.3. The van der Waals surface area contributed by atoms with Gasteiger partial charge in [-0.25, -0.2) is 0 Å². The lowest BCUT2D eigenvalue weighted by Crippen LogP contribution is -2.51. The highest BCUT2D eigenvalue weighted by Crippen LogP contribution is 2.71. The van der Waals surface area contributed by atoms with E-state index in [9.17, 15) is 9.90 Å². The maximum absolute atomic E-state index is 12.5. The topological polar surface area (TPSA) is 37.3 Å². The minimum atomic E-state index is -0.243. The second kappa shape index (κ2) is 7.86. The quantitative estimate of drug-likeness (QED) is 0.480. The fraction of sp³-hybridized carbons (Fsp3) is 0.828. The molecule has 0 heterocycles. The number of carbonyl (C=O) groups is 1. The Balaban J connectivity index is 1.65. The van der Waals surface area contributed by atoms with Crippen molar-refractivity contribution < 1.29 is 9.90 Å². The van der Waals surface area contributed by atoms with Gasteiger partial charge in [0.05, 0.1) is 6.10 Å². The van der Waals surface area contributed by atoms with Gasteiger partial charge in [-0.2, -0.15) is 0 Å². The predicted octanol–water partition coefficient (Wildman–Crippen LogP) is 7.27. The lowest BCUT2D eigenvalue weighted by molar-refractivity contribution is -0.130. The third-order valence-electron chi connectivity index (χ3n) is 11.2. The van der Waals surface area contributed by atoms with Gasteiger partial charge >= 0.3 is 0 Å². The molecule has 2 saturated carbocycles. The number of rotatable bonds is 4. The molecule has 4 aliphatic carbocycles. The van der Waals surface area contributed by atoms with E-state index in [1.54, 1.807) is 11.1 Å². The molecule has 0 unspecified atom stereocenters. The van der Waals surface area contributed by atoms with Crippen LogP contribution in [0.25, 0.3) is 0 Å². The lowest BCUT2D eigenvalue weighted by Gasteiger charge is -2.59. The van der Waals surface area contributed by atoms with Gasteiger partial charge in [0, 0.05) is 12.3 Å². The molecule has 0 aromatic heterocycles. The van der Waals surface area contributed by atoms with Crippen LogP contribution in [0.4, 0.5) is 0 Å². The number of Topliss-reactive ketones (excluding diaryl/α,β-unsaturated/α-hetero) is 1. The molecule has 2 fully saturated rings. The van der Waals surface area contributed by atoms with Crippen molar-refractivity contribution in [1.29, 1.82) is 0 Å². The molecule has 0 aliphatic heterocycles. The van der Waals surface area contributed by atoms with Gasteiger partial charge in [-0.05, 0) is 99.2 Å². The second-order valence-corrected chi connectivity index (χ2v) is 12.6. The number of aliphatic hydroxyl groups excluding tert-OH is 1. The average Bonchev–Trinajstić information content (AvgIpc) is 3.00. The molecule has 2 nitrogen and oxygen atoms in total. The summed E-state index contributed by atoms with van der Waals surface area (Å²) in [5.41, 5.74) is 5.59. The Morgan fingerprint density at radius 1 is 1.06 bits per heavy atom. The van der Waals surface area contributed by atoms with Crippen LogP contribution in [-0.4, -0.2) is 17.0 Å². The van der Waals surface area contributed by atoms with Gasteiger partial charge in [-0.15, -0.1) is 0 Å². The van der Waals surface area contributed by atoms with Gasteiger partial charge in [0.1, 0.15) is 5.78 Å². The smallest absolute Gasteiger partial charge is 0.136 e. The maximum Gasteiger partial charge on any atom is 0.136 e. The minimum absolute atomic E-state index is 0.232. The summed E-state index contributed by atoms with van der Waals surface area (Å²) >= 11 is 0. The largest absolute Gasteiger partial charge is 0.393 e. The molecular formula is C29H46O2. The van der Waals surface area contributed by atoms with Gasteiger partial charge in [0.2, 0.25) is 0 Å². The van der Waals surface area contributed by atoms with Gasteiger partial charge < -0.3 is 5.11 Å². The van der Waals surface area contributed by atoms with Crippen LogP contribution in [0.15, 0.2) is 22.8 Å². The summed E-state index contributed by atoms with van der Waals surface area (Å²) in [4.78, 5) is 12.5. The molecule has 0 radical (unpaired) electrons. The fourth-order valence-electron chi connectivity index (χ4n) is 8.84. The number of aliphatic hydroxyl groups is 1. The van der Waals surface area contributed by atoms with Crippen LogP contribution in [0.3, 0.4) is 0 Å². The Bertz CT molecular complexity index is 802. The number of ketones is 1. The molecule has 174 valence electrons. The summed E-state index contributed by atoms with van der Waals surface area (Å²) in [6.45, 7) is 16.4. The molecule has 0 amide bonds. The van der Waals surface area contributed by atoms with Gasteiger partial charge in [-0.1, -0.05) is 57.4 Å². The Kier molecular flexibility index (Phi) is 5.90. The van der Waals surface area contributed by atoms with E-state index in [-0.39, 0.29) is 28.3 Å². The van der Waals surface area contributed by atoms with E-state index in [0.717, 1.165) is 19.3 Å². The average molecular weight is 427 g/mol. The lowest BCUT2D eigenvalue weighted by atomic mass is 9.45. The zero-order valence-electron chi connectivity index (χ0n) is 21.2. The SMILES string of the molecule is CC(C)=CC[C@@H](O)[C@H](C)[C@H]1CC[C@@]2(C)C3=C(CC[C@]12C)[C@@]1(C)CCC(=O)[C@@H](C)[C@H]1CC3. The number of fused-ring (bicyclic) bond motifs is 4. The Morgan fingerprint density at radius 3 is 2.45 bits per heavy atom. The van der Waals surface area contributed by atoms with Crippen molar-refractivity contribution in [2.24, 2.45) is 39.9 Å². The zero-order chi connectivity index (χ0) is 22.8. The van der Waals surface area contributed by atoms with Crippen molar-refractivity contribution in [3.8, 4) is 0 Å². The molecule has 0 aromatic carbocycles. The fourth-order valence-corrected chi connectivity index (χ4v) is 8.84. The van der Waals surface area contributed by atoms with E-state index in [2.05, 4.69) is 54.5 Å². The zero-order valence-corrected chi connectivity index (χ0v) is 21.2. The molecule has 2 heteroatoms. The van der Waals surface area contributed by atoms with Crippen LogP contribution in [0.1, 0.15) is 106 Å². The standard InChI is InChI=1S/C29H46O2/c1-18(2)8-11-25(30)20(4)22-12-16-29(7)24-10-9-21-19(3)26(31)14-15-27(21,5)23(24)13-17-28(22,29)6/h8,19-22,25,30H,9-17H2,1-7H3/t19-,20+,21+,22+,25+,27-,28+,29-/m0/s1. The molecular weight excluding hydrogens is 380 g/mol. The van der Waals surface area contributed by atoms with Crippen LogP contribution in [0.2, 0.25) is 0 Å². The predicted molar refractivity (Wildman–Crippen MR) is 129 cm³/mol. The van der Waals surface area contributed by atoms with Gasteiger partial charge in [-0.3, -0.25) is 4.79 Å². The molecule has 0 bridgehead atoms. The third-order valence-corrected chi connectivity index (χ3v) is 11.2. The highest BCUT2D eigenvalue weighted by atomic mass is 16.3. The molecule has 0 saturated heterocycles. The normalized spacial score (nSPS) is 44.3. The van der Waals surface area contributed by atoms with Crippen LogP contribution in [0.5, 0.6) is 0 Å². The van der Waals surface area contributed by atoms with Crippen LogP contribution >= 0.6 is 0 Å². The molecule has 4 aliphatic rings. The maximum atomic E-state index is 12.5. The number of carbonyl (C=O) groups excluding carboxylic acids is 1. The highest BCUT2D eigenvalue weighted by molar-refractivity contribution is 5.82. The summed E-state index contributed by atoms with van der Waals surface area (Å²) < 4.78 is 0. The van der Waals surface area contributed by atoms with E-state index in [1.807, 2.05) is 0 Å². The van der Waals surface area contributed by atoms with E-state index in [1.165, 1.54) is 44.1 Å². The first-order valence-corrected chi connectivity index (χ1v) is 13.0. The van der Waals surface area contributed by atoms with Gasteiger partial charge in [0.15, 0.2) is 0 Å². The Labute approximate surface area is 191 Å². The van der Waals surface area contributed by atoms with E-state index in [4.69, 9.17) is 0 Å². The number of hydrogen-bond acceptors (Lipinski definition) is 2. The molecule has 4 rings (SSSR count). The van der Waals surface area contributed by atoms with E-state index >= 15 is 0 Å². The monoisotopic (exact) mass is 426 g/mol. The van der Waals surface area contributed by atoms with Crippen LogP contribution < -0.4 is 0 Å². The Morgan fingerprint density at radius 2 is 1.77 bits per heavy atom. The van der Waals surface area contributed by atoms with Crippen molar-refractivity contribution in [2.75, 3.05) is 0 Å². The Hall–Kier alpha value is -0.890. The van der Waals surface area contributed by atoms with Crippen LogP contribution in [-0.2, 0) is 4.79 Å². The van der Waals surface area contributed by atoms with Crippen molar-refractivity contribution in [3.05, 3.63) is 22.8 Å². The van der Waals surface area contributed by atoms with E-state index in [0.29, 0.717) is 23.5 Å². The van der Waals surface area contributed by atoms with Crippen molar-refractivity contribution in [1.82, 2.24) is 0 Å². The summed E-state index contributed by atoms with van der Waals surface area (Å²) in [6, 6.07) is 0. The molecule has 8 atom stereocenters. The summed E-state index contributed by atoms with van der Waals surface area (Å²) in [7, 11) is 0. The molecule has 31 heavy (non-hydrogen) atoms. The second-order valence-electron chi connectivity index (χ2n) is 12.6. The van der Waals surface area contributed by atoms with Crippen molar-refractivity contribution in [2.45, 2.75) is 112 Å². The van der Waals surface area contributed by atoms with Gasteiger partial charge in [0.25, 0.3) is 0 Å². The first-order valence-electron chi connectivity index (χ1n) is 13.0. The van der Waals surface area contributed by atoms with Crippen molar-refractivity contribution >= 4 is 5.78 Å². The first-order chi connectivity index (χ1) is 14.5. The molecule has 1 N–H and O–H groups in total. The molecule has 0 aromatic rings.